The number of rotatable bonds is 5. The average Bonchev–Trinajstić information content (AvgIpc) is 2.78. The quantitative estimate of drug-likeness (QED) is 0.844. The maximum absolute atomic E-state index is 12.8. The fraction of sp³-hybridized carbons (Fsp3) is 0.263. The molecule has 124 valence electrons. The SMILES string of the molecule is CCCN1C(=O)C(O)(CC(=O)c2ccc(Cl)cc2)c2ccccc21. The minimum absolute atomic E-state index is 0.287. The monoisotopic (exact) mass is 343 g/mol. The lowest BCUT2D eigenvalue weighted by molar-refractivity contribution is -0.135. The Hall–Kier alpha value is -2.17. The molecule has 1 unspecified atom stereocenters. The van der Waals surface area contributed by atoms with Gasteiger partial charge in [-0.2, -0.15) is 0 Å². The molecule has 1 N–H and O–H groups in total. The molecule has 0 bridgehead atoms. The van der Waals surface area contributed by atoms with Gasteiger partial charge in [-0.3, -0.25) is 9.59 Å². The first-order valence-electron chi connectivity index (χ1n) is 7.90. The molecule has 1 atom stereocenters. The number of amides is 1. The summed E-state index contributed by atoms with van der Waals surface area (Å²) in [4.78, 5) is 26.9. The lowest BCUT2D eigenvalue weighted by atomic mass is 9.88. The molecule has 2 aromatic carbocycles. The Morgan fingerprint density at radius 2 is 1.83 bits per heavy atom. The number of para-hydroxylation sites is 1. The first-order valence-corrected chi connectivity index (χ1v) is 8.28. The van der Waals surface area contributed by atoms with E-state index in [4.69, 9.17) is 11.6 Å². The highest BCUT2D eigenvalue weighted by Gasteiger charge is 2.50. The van der Waals surface area contributed by atoms with Crippen LogP contribution >= 0.6 is 11.6 Å². The molecule has 0 saturated heterocycles. The highest BCUT2D eigenvalue weighted by Crippen LogP contribution is 2.42. The third kappa shape index (κ3) is 2.72. The molecule has 0 fully saturated rings. The van der Waals surface area contributed by atoms with Crippen molar-refractivity contribution in [1.82, 2.24) is 0 Å². The standard InChI is InChI=1S/C19H18ClNO3/c1-2-11-21-16-6-4-3-5-15(16)19(24,18(21)23)12-17(22)13-7-9-14(20)10-8-13/h3-10,24H,2,11-12H2,1H3. The number of fused-ring (bicyclic) bond motifs is 1. The molecule has 1 aliphatic rings. The average molecular weight is 344 g/mol. The zero-order valence-electron chi connectivity index (χ0n) is 13.3. The van der Waals surface area contributed by atoms with Crippen LogP contribution in [0, 0.1) is 0 Å². The first-order chi connectivity index (χ1) is 11.5. The summed E-state index contributed by atoms with van der Waals surface area (Å²) >= 11 is 5.84. The number of carbonyl (C=O) groups is 2. The zero-order valence-corrected chi connectivity index (χ0v) is 14.1. The molecule has 5 heteroatoms. The van der Waals surface area contributed by atoms with Gasteiger partial charge in [-0.15, -0.1) is 0 Å². The Balaban J connectivity index is 1.95. The molecule has 2 aromatic rings. The molecule has 0 aromatic heterocycles. The van der Waals surface area contributed by atoms with Crippen LogP contribution in [0.2, 0.25) is 5.02 Å². The first kappa shape index (κ1) is 16.7. The number of benzene rings is 2. The molecular formula is C19H18ClNO3. The molecule has 1 heterocycles. The van der Waals surface area contributed by atoms with Crippen molar-refractivity contribution in [2.45, 2.75) is 25.4 Å². The van der Waals surface area contributed by atoms with E-state index in [9.17, 15) is 14.7 Å². The maximum atomic E-state index is 12.8. The Labute approximate surface area is 145 Å². The molecule has 0 saturated carbocycles. The topological polar surface area (TPSA) is 57.6 Å². The predicted molar refractivity (Wildman–Crippen MR) is 93.4 cm³/mol. The van der Waals surface area contributed by atoms with Crippen LogP contribution in [-0.4, -0.2) is 23.3 Å². The lowest BCUT2D eigenvalue weighted by Crippen LogP contribution is -2.42. The van der Waals surface area contributed by atoms with Crippen LogP contribution in [0.4, 0.5) is 5.69 Å². The van der Waals surface area contributed by atoms with Crippen LogP contribution in [0.5, 0.6) is 0 Å². The van der Waals surface area contributed by atoms with Gasteiger partial charge in [-0.05, 0) is 36.8 Å². The van der Waals surface area contributed by atoms with Gasteiger partial charge in [0.25, 0.3) is 5.91 Å². The summed E-state index contributed by atoms with van der Waals surface area (Å²) < 4.78 is 0. The molecule has 3 rings (SSSR count). The van der Waals surface area contributed by atoms with E-state index in [-0.39, 0.29) is 12.2 Å². The summed E-state index contributed by atoms with van der Waals surface area (Å²) in [7, 11) is 0. The molecule has 0 radical (unpaired) electrons. The summed E-state index contributed by atoms with van der Waals surface area (Å²) in [5.74, 6) is -0.733. The maximum Gasteiger partial charge on any atom is 0.264 e. The number of Topliss-reactive ketones (excluding diaryl/α,β-unsaturated/α-hetero) is 1. The number of aliphatic hydroxyl groups is 1. The minimum Gasteiger partial charge on any atom is -0.375 e. The van der Waals surface area contributed by atoms with Gasteiger partial charge in [-0.25, -0.2) is 0 Å². The van der Waals surface area contributed by atoms with Crippen LogP contribution < -0.4 is 4.90 Å². The summed E-state index contributed by atoms with van der Waals surface area (Å²) in [6, 6.07) is 13.5. The Bertz CT molecular complexity index is 787. The molecule has 4 nitrogen and oxygen atoms in total. The van der Waals surface area contributed by atoms with Gasteiger partial charge in [0.05, 0.1) is 12.1 Å². The second kappa shape index (κ2) is 6.38. The lowest BCUT2D eigenvalue weighted by Gasteiger charge is -2.22. The fourth-order valence-corrected chi connectivity index (χ4v) is 3.22. The molecule has 0 aliphatic carbocycles. The number of nitrogens with zero attached hydrogens (tertiary/aromatic N) is 1. The van der Waals surface area contributed by atoms with Gasteiger partial charge in [0.15, 0.2) is 11.4 Å². The van der Waals surface area contributed by atoms with E-state index in [1.165, 1.54) is 0 Å². The largest absolute Gasteiger partial charge is 0.375 e. The van der Waals surface area contributed by atoms with Gasteiger partial charge in [0, 0.05) is 22.7 Å². The molecule has 0 spiro atoms. The number of halogens is 1. The number of carbonyl (C=O) groups excluding carboxylic acids is 2. The molecular weight excluding hydrogens is 326 g/mol. The third-order valence-electron chi connectivity index (χ3n) is 4.27. The van der Waals surface area contributed by atoms with Gasteiger partial charge in [0.2, 0.25) is 0 Å². The van der Waals surface area contributed by atoms with E-state index in [2.05, 4.69) is 0 Å². The van der Waals surface area contributed by atoms with Gasteiger partial charge < -0.3 is 10.0 Å². The summed E-state index contributed by atoms with van der Waals surface area (Å²) in [5.41, 5.74) is -0.226. The van der Waals surface area contributed by atoms with Crippen LogP contribution in [0.1, 0.15) is 35.7 Å². The molecule has 1 aliphatic heterocycles. The number of anilines is 1. The normalized spacial score (nSPS) is 19.5. The number of ketones is 1. The highest BCUT2D eigenvalue weighted by molar-refractivity contribution is 6.30. The summed E-state index contributed by atoms with van der Waals surface area (Å²) in [6.07, 6.45) is 0.478. The van der Waals surface area contributed by atoms with Gasteiger partial charge in [-0.1, -0.05) is 36.7 Å². The Kier molecular flexibility index (Phi) is 4.43. The second-order valence-electron chi connectivity index (χ2n) is 5.94. The van der Waals surface area contributed by atoms with Crippen molar-refractivity contribution < 1.29 is 14.7 Å². The zero-order chi connectivity index (χ0) is 17.3. The second-order valence-corrected chi connectivity index (χ2v) is 6.38. The van der Waals surface area contributed by atoms with Crippen LogP contribution in [0.3, 0.4) is 0 Å². The van der Waals surface area contributed by atoms with Crippen molar-refractivity contribution >= 4 is 29.0 Å². The van der Waals surface area contributed by atoms with Gasteiger partial charge in [0.1, 0.15) is 0 Å². The predicted octanol–water partition coefficient (Wildman–Crippen LogP) is 3.56. The van der Waals surface area contributed by atoms with E-state index >= 15 is 0 Å². The highest BCUT2D eigenvalue weighted by atomic mass is 35.5. The fourth-order valence-electron chi connectivity index (χ4n) is 3.09. The summed E-state index contributed by atoms with van der Waals surface area (Å²) in [5, 5.41) is 11.6. The van der Waals surface area contributed by atoms with E-state index in [0.717, 1.165) is 6.42 Å². The minimum atomic E-state index is -1.82. The number of hydrogen-bond donors (Lipinski definition) is 1. The van der Waals surface area contributed by atoms with E-state index in [0.29, 0.717) is 28.4 Å². The number of hydrogen-bond acceptors (Lipinski definition) is 3. The van der Waals surface area contributed by atoms with E-state index < -0.39 is 11.5 Å². The van der Waals surface area contributed by atoms with E-state index in [1.54, 1.807) is 47.4 Å². The van der Waals surface area contributed by atoms with Crippen molar-refractivity contribution in [2.24, 2.45) is 0 Å². The van der Waals surface area contributed by atoms with Crippen molar-refractivity contribution in [1.29, 1.82) is 0 Å². The van der Waals surface area contributed by atoms with Crippen molar-refractivity contribution in [2.75, 3.05) is 11.4 Å². The Morgan fingerprint density at radius 3 is 2.50 bits per heavy atom. The van der Waals surface area contributed by atoms with Crippen LogP contribution in [0.25, 0.3) is 0 Å². The smallest absolute Gasteiger partial charge is 0.264 e. The third-order valence-corrected chi connectivity index (χ3v) is 4.52. The van der Waals surface area contributed by atoms with Gasteiger partial charge >= 0.3 is 0 Å². The summed E-state index contributed by atoms with van der Waals surface area (Å²) in [6.45, 7) is 2.47. The molecule has 24 heavy (non-hydrogen) atoms. The van der Waals surface area contributed by atoms with Crippen molar-refractivity contribution in [3.05, 3.63) is 64.7 Å². The Morgan fingerprint density at radius 1 is 1.17 bits per heavy atom. The van der Waals surface area contributed by atoms with Crippen LogP contribution in [0.15, 0.2) is 48.5 Å². The van der Waals surface area contributed by atoms with Crippen molar-refractivity contribution in [3.8, 4) is 0 Å². The van der Waals surface area contributed by atoms with E-state index in [1.807, 2.05) is 13.0 Å². The van der Waals surface area contributed by atoms with Crippen LogP contribution in [-0.2, 0) is 10.4 Å². The molecule has 1 amide bonds. The van der Waals surface area contributed by atoms with Crippen molar-refractivity contribution in [3.63, 3.8) is 0 Å².